The number of nitrogens with zero attached hydrogens (tertiary/aromatic N) is 1. The van der Waals surface area contributed by atoms with Gasteiger partial charge in [-0.25, -0.2) is 0 Å². The van der Waals surface area contributed by atoms with Crippen LogP contribution in [0.3, 0.4) is 0 Å². The number of carbonyl (C=O) groups is 2. The van der Waals surface area contributed by atoms with E-state index in [2.05, 4.69) is 15.5 Å². The lowest BCUT2D eigenvalue weighted by Crippen LogP contribution is -2.49. The van der Waals surface area contributed by atoms with Crippen LogP contribution in [0.25, 0.3) is 0 Å². The standard InChI is InChI=1S/C10H18ClN3O2/c1-14-4-2-3-8(7-14)13-10(16)6-12-9(15)5-11/h8H,2-7H2,1H3,(H,12,15)(H,13,16). The number of halogens is 1. The quantitative estimate of drug-likeness (QED) is 0.662. The lowest BCUT2D eigenvalue weighted by molar-refractivity contribution is -0.125. The van der Waals surface area contributed by atoms with Crippen molar-refractivity contribution in [3.63, 3.8) is 0 Å². The van der Waals surface area contributed by atoms with Gasteiger partial charge in [0, 0.05) is 12.6 Å². The SMILES string of the molecule is CN1CCCC(NC(=O)CNC(=O)CCl)C1. The molecule has 0 bridgehead atoms. The molecular weight excluding hydrogens is 230 g/mol. The van der Waals surface area contributed by atoms with Crippen molar-refractivity contribution in [3.8, 4) is 0 Å². The van der Waals surface area contributed by atoms with Gasteiger partial charge < -0.3 is 15.5 Å². The first kappa shape index (κ1) is 13.3. The molecule has 1 aliphatic heterocycles. The number of hydrogen-bond donors (Lipinski definition) is 2. The molecule has 5 nitrogen and oxygen atoms in total. The van der Waals surface area contributed by atoms with Crippen molar-refractivity contribution in [2.24, 2.45) is 0 Å². The van der Waals surface area contributed by atoms with Gasteiger partial charge >= 0.3 is 0 Å². The first-order valence-electron chi connectivity index (χ1n) is 5.42. The summed E-state index contributed by atoms with van der Waals surface area (Å²) in [6.45, 7) is 1.95. The molecule has 1 atom stereocenters. The highest BCUT2D eigenvalue weighted by molar-refractivity contribution is 6.27. The van der Waals surface area contributed by atoms with Crippen molar-refractivity contribution in [1.82, 2.24) is 15.5 Å². The van der Waals surface area contributed by atoms with Crippen LogP contribution >= 0.6 is 11.6 Å². The van der Waals surface area contributed by atoms with Gasteiger partial charge in [0.25, 0.3) is 0 Å². The smallest absolute Gasteiger partial charge is 0.239 e. The second-order valence-corrected chi connectivity index (χ2v) is 4.35. The maximum atomic E-state index is 11.5. The van der Waals surface area contributed by atoms with Gasteiger partial charge in [0.2, 0.25) is 11.8 Å². The molecule has 92 valence electrons. The summed E-state index contributed by atoms with van der Waals surface area (Å²) in [5.74, 6) is -0.587. The van der Waals surface area contributed by atoms with E-state index in [-0.39, 0.29) is 30.3 Å². The number of likely N-dealkylation sites (N-methyl/N-ethyl adjacent to an activating group) is 1. The minimum atomic E-state index is -0.322. The van der Waals surface area contributed by atoms with Gasteiger partial charge in [-0.1, -0.05) is 0 Å². The third-order valence-corrected chi connectivity index (χ3v) is 2.80. The Hall–Kier alpha value is -0.810. The van der Waals surface area contributed by atoms with E-state index in [1.807, 2.05) is 7.05 Å². The van der Waals surface area contributed by atoms with Gasteiger partial charge in [0.15, 0.2) is 0 Å². The Bertz CT molecular complexity index is 260. The number of nitrogens with one attached hydrogen (secondary N) is 2. The maximum Gasteiger partial charge on any atom is 0.239 e. The van der Waals surface area contributed by atoms with E-state index in [1.165, 1.54) is 0 Å². The second-order valence-electron chi connectivity index (χ2n) is 4.08. The van der Waals surface area contributed by atoms with Crippen LogP contribution in [0.4, 0.5) is 0 Å². The zero-order valence-corrected chi connectivity index (χ0v) is 10.2. The van der Waals surface area contributed by atoms with E-state index < -0.39 is 0 Å². The van der Waals surface area contributed by atoms with E-state index >= 15 is 0 Å². The molecule has 16 heavy (non-hydrogen) atoms. The van der Waals surface area contributed by atoms with E-state index in [4.69, 9.17) is 11.6 Å². The Balaban J connectivity index is 2.20. The minimum absolute atomic E-state index is 0.00572. The molecule has 0 saturated carbocycles. The summed E-state index contributed by atoms with van der Waals surface area (Å²) in [4.78, 5) is 24.5. The minimum Gasteiger partial charge on any atom is -0.351 e. The van der Waals surface area contributed by atoms with Gasteiger partial charge in [0.05, 0.1) is 6.54 Å². The van der Waals surface area contributed by atoms with Gasteiger partial charge in [-0.05, 0) is 26.4 Å². The van der Waals surface area contributed by atoms with E-state index in [0.29, 0.717) is 0 Å². The number of carbonyl (C=O) groups excluding carboxylic acids is 2. The molecule has 0 radical (unpaired) electrons. The highest BCUT2D eigenvalue weighted by Gasteiger charge is 2.18. The van der Waals surface area contributed by atoms with Crippen LogP contribution in [-0.2, 0) is 9.59 Å². The number of piperidine rings is 1. The predicted octanol–water partition coefficient (Wildman–Crippen LogP) is -0.448. The summed E-state index contributed by atoms with van der Waals surface area (Å²) in [7, 11) is 2.04. The summed E-state index contributed by atoms with van der Waals surface area (Å²) in [6, 6.07) is 0.194. The fourth-order valence-corrected chi connectivity index (χ4v) is 1.88. The molecule has 2 amide bonds. The normalized spacial score (nSPS) is 21.5. The molecule has 0 aromatic rings. The Kier molecular flexibility index (Phi) is 5.55. The van der Waals surface area contributed by atoms with Crippen molar-refractivity contribution in [2.45, 2.75) is 18.9 Å². The molecular formula is C10H18ClN3O2. The Morgan fingerprint density at radius 1 is 1.44 bits per heavy atom. The summed E-state index contributed by atoms with van der Waals surface area (Å²) in [6.07, 6.45) is 2.09. The number of likely N-dealkylation sites (tertiary alicyclic amines) is 1. The van der Waals surface area contributed by atoms with Crippen LogP contribution in [0.5, 0.6) is 0 Å². The number of alkyl halides is 1. The number of amides is 2. The van der Waals surface area contributed by atoms with Crippen molar-refractivity contribution >= 4 is 23.4 Å². The molecule has 1 rings (SSSR count). The van der Waals surface area contributed by atoms with Crippen molar-refractivity contribution in [1.29, 1.82) is 0 Å². The maximum absolute atomic E-state index is 11.5. The van der Waals surface area contributed by atoms with E-state index in [1.54, 1.807) is 0 Å². The summed E-state index contributed by atoms with van der Waals surface area (Å²) in [5, 5.41) is 5.33. The van der Waals surface area contributed by atoms with Gasteiger partial charge in [0.1, 0.15) is 5.88 Å². The van der Waals surface area contributed by atoms with Gasteiger partial charge in [-0.3, -0.25) is 9.59 Å². The summed E-state index contributed by atoms with van der Waals surface area (Å²) >= 11 is 5.30. The molecule has 0 spiro atoms. The predicted molar refractivity (Wildman–Crippen MR) is 62.4 cm³/mol. The largest absolute Gasteiger partial charge is 0.351 e. The van der Waals surface area contributed by atoms with Crippen LogP contribution in [0.1, 0.15) is 12.8 Å². The Morgan fingerprint density at radius 3 is 2.81 bits per heavy atom. The number of rotatable bonds is 4. The van der Waals surface area contributed by atoms with Gasteiger partial charge in [-0.15, -0.1) is 11.6 Å². The van der Waals surface area contributed by atoms with Gasteiger partial charge in [-0.2, -0.15) is 0 Å². The fraction of sp³-hybridized carbons (Fsp3) is 0.800. The van der Waals surface area contributed by atoms with Crippen molar-refractivity contribution < 1.29 is 9.59 Å². The average molecular weight is 248 g/mol. The van der Waals surface area contributed by atoms with Crippen LogP contribution in [0, 0.1) is 0 Å². The van der Waals surface area contributed by atoms with Crippen LogP contribution < -0.4 is 10.6 Å². The zero-order chi connectivity index (χ0) is 12.0. The molecule has 6 heteroatoms. The Morgan fingerprint density at radius 2 is 2.19 bits per heavy atom. The van der Waals surface area contributed by atoms with Crippen LogP contribution in [0.15, 0.2) is 0 Å². The molecule has 1 saturated heterocycles. The Labute approximate surface area is 101 Å². The second kappa shape index (κ2) is 6.70. The average Bonchev–Trinajstić information content (AvgIpc) is 2.26. The van der Waals surface area contributed by atoms with Crippen LogP contribution in [0.2, 0.25) is 0 Å². The monoisotopic (exact) mass is 247 g/mol. The lowest BCUT2D eigenvalue weighted by Gasteiger charge is -2.30. The van der Waals surface area contributed by atoms with Crippen molar-refractivity contribution in [2.75, 3.05) is 32.6 Å². The molecule has 1 unspecified atom stereocenters. The summed E-state index contributed by atoms with van der Waals surface area (Å²) in [5.41, 5.74) is 0. The molecule has 0 aliphatic carbocycles. The van der Waals surface area contributed by atoms with Crippen LogP contribution in [-0.4, -0.2) is 55.3 Å². The van der Waals surface area contributed by atoms with E-state index in [9.17, 15) is 9.59 Å². The third-order valence-electron chi connectivity index (χ3n) is 2.56. The molecule has 2 N–H and O–H groups in total. The number of hydrogen-bond acceptors (Lipinski definition) is 3. The lowest BCUT2D eigenvalue weighted by atomic mass is 10.1. The highest BCUT2D eigenvalue weighted by Crippen LogP contribution is 2.07. The topological polar surface area (TPSA) is 61.4 Å². The molecule has 1 heterocycles. The molecule has 0 aromatic heterocycles. The molecule has 0 aromatic carbocycles. The fourth-order valence-electron chi connectivity index (χ4n) is 1.79. The highest BCUT2D eigenvalue weighted by atomic mass is 35.5. The summed E-state index contributed by atoms with van der Waals surface area (Å²) < 4.78 is 0. The molecule has 1 fully saturated rings. The first-order valence-corrected chi connectivity index (χ1v) is 5.96. The third kappa shape index (κ3) is 4.81. The van der Waals surface area contributed by atoms with E-state index in [0.717, 1.165) is 25.9 Å². The zero-order valence-electron chi connectivity index (χ0n) is 9.46. The molecule has 1 aliphatic rings. The van der Waals surface area contributed by atoms with Crippen molar-refractivity contribution in [3.05, 3.63) is 0 Å². The first-order chi connectivity index (χ1) is 7.61.